The number of hydrogen-bond donors (Lipinski definition) is 2. The number of alkyl halides is 3. The highest BCUT2D eigenvalue weighted by Gasteiger charge is 2.48. The Morgan fingerprint density at radius 3 is 2.75 bits per heavy atom. The third-order valence-corrected chi connectivity index (χ3v) is 3.01. The smallest absolute Gasteiger partial charge is 0.351 e. The van der Waals surface area contributed by atoms with Crippen molar-refractivity contribution in [3.05, 3.63) is 22.7 Å². The van der Waals surface area contributed by atoms with Crippen LogP contribution < -0.4 is 11.4 Å². The van der Waals surface area contributed by atoms with Gasteiger partial charge in [-0.2, -0.15) is 4.98 Å². The van der Waals surface area contributed by atoms with Crippen LogP contribution in [0.5, 0.6) is 0 Å². The molecule has 2 heterocycles. The average molecular weight is 295 g/mol. The molecule has 20 heavy (non-hydrogen) atoms. The largest absolute Gasteiger partial charge is 0.393 e. The van der Waals surface area contributed by atoms with Gasteiger partial charge in [-0.1, -0.05) is 0 Å². The van der Waals surface area contributed by atoms with Crippen molar-refractivity contribution in [2.24, 2.45) is 0 Å². The van der Waals surface area contributed by atoms with Gasteiger partial charge in [-0.3, -0.25) is 8.96 Å². The summed E-state index contributed by atoms with van der Waals surface area (Å²) in [5.74, 6) is 0.0523. The summed E-state index contributed by atoms with van der Waals surface area (Å²) in [5, 5.41) is 9.04. The van der Waals surface area contributed by atoms with Gasteiger partial charge in [0.15, 0.2) is 5.60 Å². The van der Waals surface area contributed by atoms with Gasteiger partial charge in [-0.15, -0.1) is 0 Å². The summed E-state index contributed by atoms with van der Waals surface area (Å²) in [5.41, 5.74) is 2.77. The van der Waals surface area contributed by atoms with Gasteiger partial charge >= 0.3 is 5.69 Å². The maximum Gasteiger partial charge on any atom is 0.351 e. The summed E-state index contributed by atoms with van der Waals surface area (Å²) in [7, 11) is 0.500. The van der Waals surface area contributed by atoms with Crippen LogP contribution in [-0.4, -0.2) is 40.5 Å². The van der Waals surface area contributed by atoms with E-state index in [1.54, 1.807) is 0 Å². The van der Waals surface area contributed by atoms with Crippen LogP contribution in [0.25, 0.3) is 0 Å². The van der Waals surface area contributed by atoms with E-state index in [0.717, 1.165) is 4.57 Å². The van der Waals surface area contributed by atoms with Crippen molar-refractivity contribution in [2.45, 2.75) is 31.1 Å². The molecule has 1 aromatic heterocycles. The van der Waals surface area contributed by atoms with E-state index in [0.29, 0.717) is 7.18 Å². The molecule has 0 aliphatic carbocycles. The molecule has 1 aromatic rings. The number of hydrogen-bond acceptors (Lipinski definition) is 5. The number of nitrogens with two attached hydrogens (primary N) is 1. The first-order chi connectivity index (χ1) is 9.48. The zero-order valence-corrected chi connectivity index (χ0v) is 10.8. The molecule has 0 bridgehead atoms. The van der Waals surface area contributed by atoms with E-state index in [1.165, 1.54) is 12.3 Å². The van der Waals surface area contributed by atoms with Crippen LogP contribution in [0, 0.1) is 0 Å². The van der Waals surface area contributed by atoms with Crippen LogP contribution in [0.15, 0.2) is 17.1 Å². The van der Waals surface area contributed by atoms with E-state index in [1.807, 2.05) is 0 Å². The average Bonchev–Trinajstić information content (AvgIpc) is 2.86. The first-order valence-electron chi connectivity index (χ1n) is 5.78. The van der Waals surface area contributed by atoms with E-state index < -0.39 is 30.6 Å². The Hall–Kier alpha value is -1.61. The van der Waals surface area contributed by atoms with Crippen LogP contribution in [0.4, 0.5) is 19.0 Å². The lowest BCUT2D eigenvalue weighted by Crippen LogP contribution is -2.41. The fraction of sp³-hybridized carbons (Fsp3) is 0.636. The second-order valence-corrected chi connectivity index (χ2v) is 4.18. The SMILES string of the molecule is CF.Nc1ccn(C2CCC(CO)(C(F)F)O2)c(=O)n1. The van der Waals surface area contributed by atoms with Gasteiger partial charge in [-0.25, -0.2) is 13.6 Å². The lowest BCUT2D eigenvalue weighted by atomic mass is 10.0. The van der Waals surface area contributed by atoms with Crippen molar-refractivity contribution < 1.29 is 23.0 Å². The van der Waals surface area contributed by atoms with E-state index in [9.17, 15) is 18.0 Å². The number of ether oxygens (including phenoxy) is 1. The molecule has 2 atom stereocenters. The second-order valence-electron chi connectivity index (χ2n) is 4.18. The van der Waals surface area contributed by atoms with Gasteiger partial charge < -0.3 is 15.6 Å². The number of nitrogens with zero attached hydrogens (tertiary/aromatic N) is 2. The molecule has 2 rings (SSSR count). The molecular formula is C11H16F3N3O3. The minimum atomic E-state index is -2.81. The van der Waals surface area contributed by atoms with Gasteiger partial charge in [0, 0.05) is 6.20 Å². The molecular weight excluding hydrogens is 279 g/mol. The Labute approximate surface area is 113 Å². The van der Waals surface area contributed by atoms with Gasteiger partial charge in [0.2, 0.25) is 0 Å². The highest BCUT2D eigenvalue weighted by molar-refractivity contribution is 5.23. The standard InChI is InChI=1S/C10H13F2N3O3.CH3F/c11-8(12)10(5-16)3-1-7(18-10)15-4-2-6(13)14-9(15)17;1-2/h2,4,7-8,16H,1,3,5H2,(H2,13,14,17);1H3. The molecule has 1 aliphatic rings. The molecule has 1 aliphatic heterocycles. The lowest BCUT2D eigenvalue weighted by Gasteiger charge is -2.26. The van der Waals surface area contributed by atoms with Crippen LogP contribution >= 0.6 is 0 Å². The normalized spacial score (nSPS) is 25.4. The summed E-state index contributed by atoms with van der Waals surface area (Å²) < 4.78 is 41.4. The topological polar surface area (TPSA) is 90.4 Å². The number of nitrogen functional groups attached to an aromatic ring is 1. The monoisotopic (exact) mass is 295 g/mol. The van der Waals surface area contributed by atoms with Crippen LogP contribution in [0.2, 0.25) is 0 Å². The van der Waals surface area contributed by atoms with Crippen molar-refractivity contribution in [1.29, 1.82) is 0 Å². The van der Waals surface area contributed by atoms with E-state index in [-0.39, 0.29) is 18.7 Å². The quantitative estimate of drug-likeness (QED) is 0.857. The van der Waals surface area contributed by atoms with Crippen LogP contribution in [-0.2, 0) is 4.74 Å². The Morgan fingerprint density at radius 1 is 1.65 bits per heavy atom. The van der Waals surface area contributed by atoms with Crippen LogP contribution in [0.3, 0.4) is 0 Å². The summed E-state index contributed by atoms with van der Waals surface area (Å²) in [4.78, 5) is 15.0. The first kappa shape index (κ1) is 16.4. The number of aliphatic hydroxyl groups excluding tert-OH is 1. The summed E-state index contributed by atoms with van der Waals surface area (Å²) in [6.45, 7) is -0.793. The molecule has 3 N–H and O–H groups in total. The Bertz CT molecular complexity index is 497. The summed E-state index contributed by atoms with van der Waals surface area (Å²) in [6.07, 6.45) is -2.15. The molecule has 6 nitrogen and oxygen atoms in total. The zero-order chi connectivity index (χ0) is 15.3. The highest BCUT2D eigenvalue weighted by Crippen LogP contribution is 2.39. The molecule has 2 unspecified atom stereocenters. The van der Waals surface area contributed by atoms with Gasteiger partial charge in [-0.05, 0) is 18.9 Å². The third kappa shape index (κ3) is 3.10. The third-order valence-electron chi connectivity index (χ3n) is 3.01. The molecule has 0 radical (unpaired) electrons. The van der Waals surface area contributed by atoms with Crippen molar-refractivity contribution in [3.63, 3.8) is 0 Å². The zero-order valence-electron chi connectivity index (χ0n) is 10.8. The van der Waals surface area contributed by atoms with Crippen molar-refractivity contribution in [2.75, 3.05) is 19.5 Å². The molecule has 0 spiro atoms. The van der Waals surface area contributed by atoms with Crippen molar-refractivity contribution in [3.8, 4) is 0 Å². The fourth-order valence-corrected chi connectivity index (χ4v) is 1.94. The molecule has 9 heteroatoms. The molecule has 114 valence electrons. The summed E-state index contributed by atoms with van der Waals surface area (Å²) in [6, 6.07) is 1.38. The number of rotatable bonds is 3. The Morgan fingerprint density at radius 2 is 2.30 bits per heavy atom. The predicted molar refractivity (Wildman–Crippen MR) is 65.1 cm³/mol. The van der Waals surface area contributed by atoms with E-state index in [4.69, 9.17) is 15.6 Å². The molecule has 0 amide bonds. The molecule has 1 fully saturated rings. The number of halogens is 3. The maximum atomic E-state index is 12.8. The van der Waals surface area contributed by atoms with E-state index in [2.05, 4.69) is 4.98 Å². The summed E-state index contributed by atoms with van der Waals surface area (Å²) >= 11 is 0. The Balaban J connectivity index is 0.000000956. The lowest BCUT2D eigenvalue weighted by molar-refractivity contribution is -0.169. The molecule has 1 saturated heterocycles. The molecule has 0 saturated carbocycles. The predicted octanol–water partition coefficient (Wildman–Crippen LogP) is 0.716. The van der Waals surface area contributed by atoms with Crippen molar-refractivity contribution in [1.82, 2.24) is 9.55 Å². The number of aliphatic hydroxyl groups is 1. The number of anilines is 1. The van der Waals surface area contributed by atoms with Crippen LogP contribution in [0.1, 0.15) is 19.1 Å². The van der Waals surface area contributed by atoms with Crippen molar-refractivity contribution >= 4 is 5.82 Å². The Kier molecular flexibility index (Phi) is 5.52. The molecule has 0 aromatic carbocycles. The maximum absolute atomic E-state index is 12.8. The van der Waals surface area contributed by atoms with Gasteiger partial charge in [0.25, 0.3) is 6.43 Å². The minimum Gasteiger partial charge on any atom is -0.393 e. The van der Waals surface area contributed by atoms with E-state index >= 15 is 0 Å². The highest BCUT2D eigenvalue weighted by atomic mass is 19.3. The fourth-order valence-electron chi connectivity index (χ4n) is 1.94. The second kappa shape index (κ2) is 6.71. The first-order valence-corrected chi connectivity index (χ1v) is 5.78. The minimum absolute atomic E-state index is 0.0251. The van der Waals surface area contributed by atoms with Gasteiger partial charge in [0.1, 0.15) is 12.0 Å². The van der Waals surface area contributed by atoms with Gasteiger partial charge in [0.05, 0.1) is 13.8 Å². The number of aromatic nitrogens is 2.